The first-order valence-corrected chi connectivity index (χ1v) is 9.93. The molecule has 1 saturated heterocycles. The van der Waals surface area contributed by atoms with E-state index in [2.05, 4.69) is 10.6 Å². The largest absolute Gasteiger partial charge is 0.497 e. The number of hydrogen-bond donors (Lipinski definition) is 2. The summed E-state index contributed by atoms with van der Waals surface area (Å²) in [5.41, 5.74) is 1.83. The van der Waals surface area contributed by atoms with Crippen LogP contribution in [0.1, 0.15) is 43.1 Å². The van der Waals surface area contributed by atoms with Crippen molar-refractivity contribution in [3.05, 3.63) is 47.5 Å². The molecule has 0 atom stereocenters. The molecule has 0 aromatic heterocycles. The first kappa shape index (κ1) is 22.1. The molecule has 164 valence electrons. The van der Waals surface area contributed by atoms with Crippen LogP contribution in [0.2, 0.25) is 0 Å². The maximum absolute atomic E-state index is 13.2. The number of rotatable bonds is 5. The van der Waals surface area contributed by atoms with Crippen LogP contribution in [0.25, 0.3) is 0 Å². The van der Waals surface area contributed by atoms with Crippen LogP contribution < -0.4 is 25.0 Å². The Labute approximate surface area is 181 Å². The standard InChI is InChI=1S/C23H27N3O5/c1-23(2,3)18-13-15(26-11-10-19(27)25-22(26)29)12-17(20(18)31-5)21(28)24-14-6-8-16(30-4)9-7-14/h6-9,12-13H,10-11H2,1-5H3,(H,24,28)(H,25,27,29). The number of ether oxygens (including phenoxy) is 2. The highest BCUT2D eigenvalue weighted by molar-refractivity contribution is 6.09. The minimum Gasteiger partial charge on any atom is -0.497 e. The van der Waals surface area contributed by atoms with Crippen LogP contribution >= 0.6 is 0 Å². The molecule has 0 radical (unpaired) electrons. The zero-order chi connectivity index (χ0) is 22.8. The summed E-state index contributed by atoms with van der Waals surface area (Å²) < 4.78 is 10.8. The van der Waals surface area contributed by atoms with Gasteiger partial charge >= 0.3 is 6.03 Å². The minimum atomic E-state index is -0.511. The molecule has 0 bridgehead atoms. The number of anilines is 2. The average molecular weight is 425 g/mol. The van der Waals surface area contributed by atoms with E-state index < -0.39 is 6.03 Å². The zero-order valence-corrected chi connectivity index (χ0v) is 18.4. The van der Waals surface area contributed by atoms with Crippen LogP contribution in [0.4, 0.5) is 16.2 Å². The maximum atomic E-state index is 13.2. The van der Waals surface area contributed by atoms with Crippen molar-refractivity contribution in [2.24, 2.45) is 0 Å². The molecule has 8 nitrogen and oxygen atoms in total. The summed E-state index contributed by atoms with van der Waals surface area (Å²) >= 11 is 0. The van der Waals surface area contributed by atoms with Gasteiger partial charge in [-0.05, 0) is 41.8 Å². The first-order valence-electron chi connectivity index (χ1n) is 9.93. The van der Waals surface area contributed by atoms with Crippen molar-refractivity contribution in [2.45, 2.75) is 32.6 Å². The summed E-state index contributed by atoms with van der Waals surface area (Å²) in [5, 5.41) is 5.18. The number of amides is 4. The number of nitrogens with one attached hydrogen (secondary N) is 2. The Morgan fingerprint density at radius 2 is 1.74 bits per heavy atom. The first-order chi connectivity index (χ1) is 14.6. The van der Waals surface area contributed by atoms with E-state index in [1.165, 1.54) is 12.0 Å². The number of carbonyl (C=O) groups is 3. The lowest BCUT2D eigenvalue weighted by atomic mass is 9.84. The molecule has 2 aromatic rings. The van der Waals surface area contributed by atoms with Gasteiger partial charge in [0.2, 0.25) is 5.91 Å². The molecular weight excluding hydrogens is 398 g/mol. The molecule has 0 aliphatic carbocycles. The Hall–Kier alpha value is -3.55. The molecule has 0 unspecified atom stereocenters. The van der Waals surface area contributed by atoms with Crippen LogP contribution in [-0.2, 0) is 10.2 Å². The second kappa shape index (κ2) is 8.67. The average Bonchev–Trinajstić information content (AvgIpc) is 2.72. The number of carbonyl (C=O) groups excluding carboxylic acids is 3. The highest BCUT2D eigenvalue weighted by Crippen LogP contribution is 2.38. The summed E-state index contributed by atoms with van der Waals surface area (Å²) in [4.78, 5) is 38.6. The fourth-order valence-corrected chi connectivity index (χ4v) is 3.40. The Balaban J connectivity index is 2.05. The van der Waals surface area contributed by atoms with Crippen LogP contribution in [0.3, 0.4) is 0 Å². The van der Waals surface area contributed by atoms with E-state index in [0.717, 1.165) is 5.56 Å². The van der Waals surface area contributed by atoms with Gasteiger partial charge in [0, 0.05) is 29.9 Å². The smallest absolute Gasteiger partial charge is 0.328 e. The summed E-state index contributed by atoms with van der Waals surface area (Å²) in [6.07, 6.45) is 0.190. The predicted octanol–water partition coefficient (Wildman–Crippen LogP) is 3.70. The van der Waals surface area contributed by atoms with Crippen LogP contribution in [-0.4, -0.2) is 38.6 Å². The van der Waals surface area contributed by atoms with Crippen molar-refractivity contribution < 1.29 is 23.9 Å². The summed E-state index contributed by atoms with van der Waals surface area (Å²) in [6.45, 7) is 6.24. The highest BCUT2D eigenvalue weighted by atomic mass is 16.5. The van der Waals surface area contributed by atoms with E-state index in [4.69, 9.17) is 9.47 Å². The van der Waals surface area contributed by atoms with Gasteiger partial charge in [-0.2, -0.15) is 0 Å². The normalized spacial score (nSPS) is 14.2. The zero-order valence-electron chi connectivity index (χ0n) is 18.4. The lowest BCUT2D eigenvalue weighted by molar-refractivity contribution is -0.120. The van der Waals surface area contributed by atoms with Gasteiger partial charge in [0.05, 0.1) is 19.8 Å². The lowest BCUT2D eigenvalue weighted by Gasteiger charge is -2.30. The molecule has 3 rings (SSSR count). The predicted molar refractivity (Wildman–Crippen MR) is 118 cm³/mol. The third-order valence-corrected chi connectivity index (χ3v) is 5.04. The van der Waals surface area contributed by atoms with Gasteiger partial charge in [-0.1, -0.05) is 20.8 Å². The van der Waals surface area contributed by atoms with E-state index in [1.54, 1.807) is 37.4 Å². The highest BCUT2D eigenvalue weighted by Gasteiger charge is 2.30. The van der Waals surface area contributed by atoms with E-state index in [-0.39, 0.29) is 30.2 Å². The van der Waals surface area contributed by atoms with Crippen LogP contribution in [0.15, 0.2) is 36.4 Å². The molecule has 2 N–H and O–H groups in total. The van der Waals surface area contributed by atoms with E-state index in [9.17, 15) is 14.4 Å². The third-order valence-electron chi connectivity index (χ3n) is 5.04. The topological polar surface area (TPSA) is 97.0 Å². The summed E-state index contributed by atoms with van der Waals surface area (Å²) in [5.74, 6) is 0.431. The van der Waals surface area contributed by atoms with Gasteiger partial charge in [0.25, 0.3) is 5.91 Å². The van der Waals surface area contributed by atoms with Gasteiger partial charge in [0.1, 0.15) is 11.5 Å². The minimum absolute atomic E-state index is 0.190. The Kier molecular flexibility index (Phi) is 6.19. The van der Waals surface area contributed by atoms with Crippen molar-refractivity contribution in [3.63, 3.8) is 0 Å². The molecule has 1 heterocycles. The van der Waals surface area contributed by atoms with Crippen molar-refractivity contribution in [1.82, 2.24) is 5.32 Å². The maximum Gasteiger partial charge on any atom is 0.328 e. The van der Waals surface area contributed by atoms with Crippen LogP contribution in [0.5, 0.6) is 11.5 Å². The number of hydrogen-bond acceptors (Lipinski definition) is 5. The molecule has 4 amide bonds. The molecular formula is C23H27N3O5. The summed E-state index contributed by atoms with van der Waals surface area (Å²) in [7, 11) is 3.09. The van der Waals surface area contributed by atoms with Crippen molar-refractivity contribution in [3.8, 4) is 11.5 Å². The van der Waals surface area contributed by atoms with Gasteiger partial charge in [-0.15, -0.1) is 0 Å². The fraction of sp³-hybridized carbons (Fsp3) is 0.348. The number of benzene rings is 2. The van der Waals surface area contributed by atoms with Gasteiger partial charge in [-0.3, -0.25) is 19.8 Å². The molecule has 1 aliphatic rings. The fourth-order valence-electron chi connectivity index (χ4n) is 3.40. The molecule has 2 aromatic carbocycles. The quantitative estimate of drug-likeness (QED) is 0.761. The third kappa shape index (κ3) is 4.79. The number of imide groups is 1. The van der Waals surface area contributed by atoms with Gasteiger partial charge < -0.3 is 14.8 Å². The Morgan fingerprint density at radius 3 is 2.29 bits per heavy atom. The van der Waals surface area contributed by atoms with E-state index in [1.807, 2.05) is 26.8 Å². The molecule has 1 aliphatic heterocycles. The lowest BCUT2D eigenvalue weighted by Crippen LogP contribution is -2.49. The van der Waals surface area contributed by atoms with Gasteiger partial charge in [-0.25, -0.2) is 4.79 Å². The Morgan fingerprint density at radius 1 is 1.06 bits per heavy atom. The second-order valence-corrected chi connectivity index (χ2v) is 8.26. The molecule has 0 spiro atoms. The Bertz CT molecular complexity index is 1010. The number of urea groups is 1. The van der Waals surface area contributed by atoms with Crippen molar-refractivity contribution in [2.75, 3.05) is 31.0 Å². The van der Waals surface area contributed by atoms with E-state index in [0.29, 0.717) is 28.4 Å². The molecule has 31 heavy (non-hydrogen) atoms. The number of methoxy groups -OCH3 is 2. The SMILES string of the molecule is COc1ccc(NC(=O)c2cc(N3CCC(=O)NC3=O)cc(C(C)(C)C)c2OC)cc1. The van der Waals surface area contributed by atoms with Crippen molar-refractivity contribution in [1.29, 1.82) is 0 Å². The van der Waals surface area contributed by atoms with Crippen LogP contribution in [0, 0.1) is 0 Å². The second-order valence-electron chi connectivity index (χ2n) is 8.26. The van der Waals surface area contributed by atoms with Gasteiger partial charge in [0.15, 0.2) is 0 Å². The number of nitrogens with zero attached hydrogens (tertiary/aromatic N) is 1. The summed E-state index contributed by atoms with van der Waals surface area (Å²) in [6, 6.07) is 9.91. The van der Waals surface area contributed by atoms with E-state index >= 15 is 0 Å². The molecule has 0 saturated carbocycles. The molecule has 8 heteroatoms. The van der Waals surface area contributed by atoms with Crippen molar-refractivity contribution >= 4 is 29.2 Å². The monoisotopic (exact) mass is 425 g/mol. The molecule has 1 fully saturated rings.